The van der Waals surface area contributed by atoms with Crippen molar-refractivity contribution < 1.29 is 14.3 Å². The molecular formula is C16H22N2O3. The molecule has 5 heteroatoms. The third-order valence-electron chi connectivity index (χ3n) is 3.45. The molecule has 0 aromatic heterocycles. The van der Waals surface area contributed by atoms with Gasteiger partial charge in [-0.05, 0) is 43.5 Å². The Kier molecular flexibility index (Phi) is 5.33. The zero-order chi connectivity index (χ0) is 15.2. The topological polar surface area (TPSA) is 58.6 Å². The Morgan fingerprint density at radius 2 is 2.14 bits per heavy atom. The Balaban J connectivity index is 2.12. The molecule has 2 rings (SSSR count). The van der Waals surface area contributed by atoms with Crippen LogP contribution in [0.1, 0.15) is 32.3 Å². The van der Waals surface area contributed by atoms with Crippen molar-refractivity contribution in [3.63, 3.8) is 0 Å². The molecule has 1 aromatic carbocycles. The fraction of sp³-hybridized carbons (Fsp3) is 0.500. The number of rotatable bonds is 6. The van der Waals surface area contributed by atoms with Crippen LogP contribution in [0, 0.1) is 0 Å². The van der Waals surface area contributed by atoms with E-state index in [1.165, 1.54) is 0 Å². The SMILES string of the molecule is CCCN1C(=O)CCc2cc(NC(=O)COCC)ccc21. The minimum absolute atomic E-state index is 0.0635. The zero-order valence-corrected chi connectivity index (χ0v) is 12.6. The minimum Gasteiger partial charge on any atom is -0.372 e. The molecule has 1 N–H and O–H groups in total. The lowest BCUT2D eigenvalue weighted by Gasteiger charge is -2.29. The number of amides is 2. The summed E-state index contributed by atoms with van der Waals surface area (Å²) in [6.45, 7) is 5.23. The van der Waals surface area contributed by atoms with Crippen LogP contribution in [0.15, 0.2) is 18.2 Å². The minimum atomic E-state index is -0.158. The molecule has 0 unspecified atom stereocenters. The van der Waals surface area contributed by atoms with Crippen molar-refractivity contribution in [2.45, 2.75) is 33.1 Å². The van der Waals surface area contributed by atoms with Crippen LogP contribution < -0.4 is 10.2 Å². The van der Waals surface area contributed by atoms with E-state index in [4.69, 9.17) is 4.74 Å². The summed E-state index contributed by atoms with van der Waals surface area (Å²) in [5.74, 6) is 0.0200. The van der Waals surface area contributed by atoms with E-state index in [1.54, 1.807) is 0 Å². The van der Waals surface area contributed by atoms with Crippen LogP contribution in [-0.2, 0) is 20.7 Å². The molecule has 1 aliphatic rings. The molecule has 0 spiro atoms. The molecule has 1 aliphatic heterocycles. The number of ether oxygens (including phenoxy) is 1. The molecule has 0 aliphatic carbocycles. The molecule has 21 heavy (non-hydrogen) atoms. The molecule has 114 valence electrons. The fourth-order valence-electron chi connectivity index (χ4n) is 2.50. The highest BCUT2D eigenvalue weighted by Crippen LogP contribution is 2.30. The first-order chi connectivity index (χ1) is 10.2. The fourth-order valence-corrected chi connectivity index (χ4v) is 2.50. The maximum absolute atomic E-state index is 12.0. The highest BCUT2D eigenvalue weighted by molar-refractivity contribution is 5.97. The number of aryl methyl sites for hydroxylation is 1. The first-order valence-corrected chi connectivity index (χ1v) is 7.46. The predicted molar refractivity (Wildman–Crippen MR) is 82.5 cm³/mol. The van der Waals surface area contributed by atoms with Gasteiger partial charge in [-0.25, -0.2) is 0 Å². The van der Waals surface area contributed by atoms with Crippen molar-refractivity contribution >= 4 is 23.2 Å². The Hall–Kier alpha value is -1.88. The third kappa shape index (κ3) is 3.82. The van der Waals surface area contributed by atoms with Crippen LogP contribution >= 0.6 is 0 Å². The van der Waals surface area contributed by atoms with Gasteiger partial charge in [0.25, 0.3) is 0 Å². The molecule has 1 heterocycles. The van der Waals surface area contributed by atoms with Gasteiger partial charge in [0.2, 0.25) is 11.8 Å². The summed E-state index contributed by atoms with van der Waals surface area (Å²) in [4.78, 5) is 25.5. The summed E-state index contributed by atoms with van der Waals surface area (Å²) in [6.07, 6.45) is 2.19. The largest absolute Gasteiger partial charge is 0.372 e. The zero-order valence-electron chi connectivity index (χ0n) is 12.6. The van der Waals surface area contributed by atoms with Crippen LogP contribution in [0.3, 0.4) is 0 Å². The van der Waals surface area contributed by atoms with Gasteiger partial charge in [0.1, 0.15) is 6.61 Å². The predicted octanol–water partition coefficient (Wildman–Crippen LogP) is 2.35. The van der Waals surface area contributed by atoms with E-state index < -0.39 is 0 Å². The van der Waals surface area contributed by atoms with E-state index in [9.17, 15) is 9.59 Å². The van der Waals surface area contributed by atoms with Crippen molar-refractivity contribution in [1.29, 1.82) is 0 Å². The van der Waals surface area contributed by atoms with Gasteiger partial charge in [0.15, 0.2) is 0 Å². The smallest absolute Gasteiger partial charge is 0.250 e. The molecule has 1 aromatic rings. The highest BCUT2D eigenvalue weighted by atomic mass is 16.5. The van der Waals surface area contributed by atoms with E-state index in [1.807, 2.05) is 30.0 Å². The number of anilines is 2. The second-order valence-electron chi connectivity index (χ2n) is 5.07. The van der Waals surface area contributed by atoms with Gasteiger partial charge in [0.05, 0.1) is 0 Å². The van der Waals surface area contributed by atoms with Gasteiger partial charge >= 0.3 is 0 Å². The van der Waals surface area contributed by atoms with E-state index in [0.29, 0.717) is 13.0 Å². The van der Waals surface area contributed by atoms with Crippen LogP contribution in [-0.4, -0.2) is 31.6 Å². The van der Waals surface area contributed by atoms with Crippen LogP contribution in [0.5, 0.6) is 0 Å². The number of nitrogens with one attached hydrogen (secondary N) is 1. The van der Waals surface area contributed by atoms with Gasteiger partial charge in [-0.15, -0.1) is 0 Å². The van der Waals surface area contributed by atoms with E-state index in [0.717, 1.165) is 36.3 Å². The third-order valence-corrected chi connectivity index (χ3v) is 3.45. The molecule has 0 fully saturated rings. The number of carbonyl (C=O) groups is 2. The van der Waals surface area contributed by atoms with Crippen molar-refractivity contribution in [2.75, 3.05) is 30.0 Å². The highest BCUT2D eigenvalue weighted by Gasteiger charge is 2.23. The molecule has 0 atom stereocenters. The van der Waals surface area contributed by atoms with E-state index >= 15 is 0 Å². The number of hydrogen-bond acceptors (Lipinski definition) is 3. The standard InChI is InChI=1S/C16H22N2O3/c1-3-9-18-14-7-6-13(17-15(19)11-21-4-2)10-12(14)5-8-16(18)20/h6-7,10H,3-5,8-9,11H2,1-2H3,(H,17,19). The summed E-state index contributed by atoms with van der Waals surface area (Å²) in [7, 11) is 0. The second-order valence-corrected chi connectivity index (χ2v) is 5.07. The number of fused-ring (bicyclic) bond motifs is 1. The quantitative estimate of drug-likeness (QED) is 0.875. The summed E-state index contributed by atoms with van der Waals surface area (Å²) >= 11 is 0. The number of hydrogen-bond donors (Lipinski definition) is 1. The first-order valence-electron chi connectivity index (χ1n) is 7.46. The van der Waals surface area contributed by atoms with Crippen LogP contribution in [0.25, 0.3) is 0 Å². The average molecular weight is 290 g/mol. The van der Waals surface area contributed by atoms with Gasteiger partial charge in [-0.2, -0.15) is 0 Å². The van der Waals surface area contributed by atoms with Crippen LogP contribution in [0.4, 0.5) is 11.4 Å². The Bertz CT molecular complexity index is 528. The van der Waals surface area contributed by atoms with E-state index in [-0.39, 0.29) is 18.4 Å². The maximum atomic E-state index is 12.0. The maximum Gasteiger partial charge on any atom is 0.250 e. The van der Waals surface area contributed by atoms with Crippen molar-refractivity contribution in [3.05, 3.63) is 23.8 Å². The molecule has 0 bridgehead atoms. The van der Waals surface area contributed by atoms with Crippen molar-refractivity contribution in [1.82, 2.24) is 0 Å². The average Bonchev–Trinajstić information content (AvgIpc) is 2.48. The van der Waals surface area contributed by atoms with Crippen molar-refractivity contribution in [2.24, 2.45) is 0 Å². The van der Waals surface area contributed by atoms with Gasteiger partial charge in [-0.1, -0.05) is 6.92 Å². The Morgan fingerprint density at radius 1 is 1.33 bits per heavy atom. The monoisotopic (exact) mass is 290 g/mol. The summed E-state index contributed by atoms with van der Waals surface area (Å²) in [5, 5.41) is 2.82. The Morgan fingerprint density at radius 3 is 2.86 bits per heavy atom. The summed E-state index contributed by atoms with van der Waals surface area (Å²) in [5.41, 5.74) is 2.83. The van der Waals surface area contributed by atoms with Crippen molar-refractivity contribution in [3.8, 4) is 0 Å². The Labute approximate surface area is 125 Å². The molecule has 0 radical (unpaired) electrons. The lowest BCUT2D eigenvalue weighted by molar-refractivity contribution is -0.120. The molecule has 2 amide bonds. The normalized spacial score (nSPS) is 14.0. The number of benzene rings is 1. The molecule has 0 saturated heterocycles. The first kappa shape index (κ1) is 15.5. The van der Waals surface area contributed by atoms with Gasteiger partial charge in [0, 0.05) is 30.9 Å². The second kappa shape index (κ2) is 7.22. The summed E-state index contributed by atoms with van der Waals surface area (Å²) in [6, 6.07) is 5.70. The lowest BCUT2D eigenvalue weighted by atomic mass is 10.00. The molecule has 5 nitrogen and oxygen atoms in total. The summed E-state index contributed by atoms with van der Waals surface area (Å²) < 4.78 is 5.08. The van der Waals surface area contributed by atoms with Gasteiger partial charge in [-0.3, -0.25) is 9.59 Å². The van der Waals surface area contributed by atoms with Gasteiger partial charge < -0.3 is 15.0 Å². The number of carbonyl (C=O) groups excluding carboxylic acids is 2. The number of nitrogens with zero attached hydrogens (tertiary/aromatic N) is 1. The lowest BCUT2D eigenvalue weighted by Crippen LogP contribution is -2.35. The van der Waals surface area contributed by atoms with E-state index in [2.05, 4.69) is 12.2 Å². The molecule has 0 saturated carbocycles. The van der Waals surface area contributed by atoms with Crippen LogP contribution in [0.2, 0.25) is 0 Å². The molecular weight excluding hydrogens is 268 g/mol.